The molecule has 2 heterocycles. The highest BCUT2D eigenvalue weighted by Crippen LogP contribution is 2.38. The SMILES string of the molecule is Cc1cc(Nc2nccc(C(F)(F)F)n2)cc(-c2cnc(C(C)(C)c3ccc(C(=O)O)cc3)s2)c1. The number of aryl methyl sites for hydroxylation is 1. The predicted octanol–water partition coefficient (Wildman–Crippen LogP) is 6.70. The van der Waals surface area contributed by atoms with E-state index in [2.05, 4.69) is 20.3 Å². The fraction of sp³-hybridized carbons (Fsp3) is 0.200. The molecule has 0 atom stereocenters. The molecular weight excluding hydrogens is 477 g/mol. The molecule has 2 N–H and O–H groups in total. The molecule has 6 nitrogen and oxygen atoms in total. The predicted molar refractivity (Wildman–Crippen MR) is 128 cm³/mol. The lowest BCUT2D eigenvalue weighted by Gasteiger charge is -2.22. The Morgan fingerprint density at radius 2 is 1.74 bits per heavy atom. The summed E-state index contributed by atoms with van der Waals surface area (Å²) in [6.45, 7) is 5.91. The number of aromatic carboxylic acids is 1. The van der Waals surface area contributed by atoms with Crippen LogP contribution in [0.4, 0.5) is 24.8 Å². The standard InChI is InChI=1S/C25H21F3N4O2S/c1-14-10-16(12-18(11-14)31-23-29-9-8-20(32-23)25(26,27)28)19-13-30-22(35-19)24(2,3)17-6-4-15(5-7-17)21(33)34/h4-13H,1-3H3,(H,33,34)(H,29,31,32). The second-order valence-electron chi connectivity index (χ2n) is 8.51. The summed E-state index contributed by atoms with van der Waals surface area (Å²) in [7, 11) is 0. The molecule has 0 saturated heterocycles. The van der Waals surface area contributed by atoms with Crippen LogP contribution in [0.1, 0.15) is 46.0 Å². The van der Waals surface area contributed by atoms with Crippen molar-refractivity contribution in [3.8, 4) is 10.4 Å². The van der Waals surface area contributed by atoms with Crippen molar-refractivity contribution < 1.29 is 23.1 Å². The Bertz CT molecular complexity index is 1380. The van der Waals surface area contributed by atoms with Crippen molar-refractivity contribution in [1.82, 2.24) is 15.0 Å². The minimum atomic E-state index is -4.56. The largest absolute Gasteiger partial charge is 0.478 e. The highest BCUT2D eigenvalue weighted by molar-refractivity contribution is 7.15. The molecular formula is C25H21F3N4O2S. The van der Waals surface area contributed by atoms with Crippen LogP contribution in [-0.2, 0) is 11.6 Å². The molecule has 0 aliphatic carbocycles. The Morgan fingerprint density at radius 1 is 1.03 bits per heavy atom. The van der Waals surface area contributed by atoms with E-state index >= 15 is 0 Å². The number of carbonyl (C=O) groups is 1. The van der Waals surface area contributed by atoms with Crippen molar-refractivity contribution in [2.24, 2.45) is 0 Å². The number of nitrogens with one attached hydrogen (secondary N) is 1. The van der Waals surface area contributed by atoms with Crippen molar-refractivity contribution in [3.05, 3.63) is 88.3 Å². The van der Waals surface area contributed by atoms with E-state index in [0.29, 0.717) is 5.69 Å². The second kappa shape index (κ2) is 9.10. The van der Waals surface area contributed by atoms with Gasteiger partial charge in [0.1, 0.15) is 10.7 Å². The number of halogens is 3. The Morgan fingerprint density at radius 3 is 2.40 bits per heavy atom. The van der Waals surface area contributed by atoms with Crippen molar-refractivity contribution >= 4 is 28.9 Å². The molecule has 0 aliphatic rings. The second-order valence-corrected chi connectivity index (χ2v) is 9.54. The molecule has 2 aromatic carbocycles. The number of aromatic nitrogens is 3. The van der Waals surface area contributed by atoms with Crippen molar-refractivity contribution in [2.75, 3.05) is 5.32 Å². The van der Waals surface area contributed by atoms with Crippen LogP contribution in [0, 0.1) is 6.92 Å². The molecule has 180 valence electrons. The summed E-state index contributed by atoms with van der Waals surface area (Å²) in [6.07, 6.45) is -1.74. The summed E-state index contributed by atoms with van der Waals surface area (Å²) in [5, 5.41) is 12.8. The van der Waals surface area contributed by atoms with Gasteiger partial charge in [0.05, 0.1) is 10.4 Å². The monoisotopic (exact) mass is 498 g/mol. The van der Waals surface area contributed by atoms with E-state index in [4.69, 9.17) is 5.11 Å². The van der Waals surface area contributed by atoms with E-state index in [1.165, 1.54) is 11.3 Å². The summed E-state index contributed by atoms with van der Waals surface area (Å²) in [4.78, 5) is 24.1. The van der Waals surface area contributed by atoms with E-state index in [9.17, 15) is 18.0 Å². The Kier molecular flexibility index (Phi) is 6.33. The lowest BCUT2D eigenvalue weighted by molar-refractivity contribution is -0.141. The van der Waals surface area contributed by atoms with Crippen LogP contribution in [0.5, 0.6) is 0 Å². The van der Waals surface area contributed by atoms with Crippen LogP contribution in [0.25, 0.3) is 10.4 Å². The average molecular weight is 499 g/mol. The highest BCUT2D eigenvalue weighted by Gasteiger charge is 2.33. The topological polar surface area (TPSA) is 88.0 Å². The number of benzene rings is 2. The number of nitrogens with zero attached hydrogens (tertiary/aromatic N) is 3. The zero-order valence-electron chi connectivity index (χ0n) is 19.0. The molecule has 0 spiro atoms. The molecule has 0 unspecified atom stereocenters. The molecule has 10 heteroatoms. The maximum Gasteiger partial charge on any atom is 0.433 e. The van der Waals surface area contributed by atoms with Gasteiger partial charge in [0, 0.05) is 23.5 Å². The average Bonchev–Trinajstić information content (AvgIpc) is 3.30. The molecule has 0 fully saturated rings. The molecule has 0 saturated carbocycles. The van der Waals surface area contributed by atoms with Crippen LogP contribution in [0.15, 0.2) is 60.9 Å². The number of carboxylic acid groups (broad SMARTS) is 1. The van der Waals surface area contributed by atoms with Crippen LogP contribution < -0.4 is 5.32 Å². The van der Waals surface area contributed by atoms with Crippen LogP contribution in [-0.4, -0.2) is 26.0 Å². The normalized spacial score (nSPS) is 11.9. The van der Waals surface area contributed by atoms with Gasteiger partial charge in [-0.25, -0.2) is 19.7 Å². The quantitative estimate of drug-likeness (QED) is 0.308. The van der Waals surface area contributed by atoms with E-state index in [0.717, 1.165) is 38.8 Å². The lowest BCUT2D eigenvalue weighted by atomic mass is 9.85. The molecule has 0 radical (unpaired) electrons. The molecule has 4 rings (SSSR count). The summed E-state index contributed by atoms with van der Waals surface area (Å²) >= 11 is 1.49. The summed E-state index contributed by atoms with van der Waals surface area (Å²) in [6, 6.07) is 13.1. The smallest absolute Gasteiger partial charge is 0.433 e. The molecule has 0 bridgehead atoms. The Balaban J connectivity index is 1.61. The summed E-state index contributed by atoms with van der Waals surface area (Å²) in [5.41, 5.74) is 1.96. The van der Waals surface area contributed by atoms with Gasteiger partial charge in [0.15, 0.2) is 0 Å². The zero-order valence-corrected chi connectivity index (χ0v) is 19.8. The minimum absolute atomic E-state index is 0.146. The molecule has 35 heavy (non-hydrogen) atoms. The number of anilines is 2. The lowest BCUT2D eigenvalue weighted by Crippen LogP contribution is -2.18. The van der Waals surface area contributed by atoms with Gasteiger partial charge in [-0.05, 0) is 67.8 Å². The van der Waals surface area contributed by atoms with Gasteiger partial charge < -0.3 is 10.4 Å². The van der Waals surface area contributed by atoms with E-state index in [1.807, 2.05) is 32.9 Å². The summed E-state index contributed by atoms with van der Waals surface area (Å²) < 4.78 is 38.9. The van der Waals surface area contributed by atoms with E-state index in [-0.39, 0.29) is 11.5 Å². The molecule has 0 amide bonds. The fourth-order valence-electron chi connectivity index (χ4n) is 3.55. The Labute approximate surface area is 203 Å². The first-order chi connectivity index (χ1) is 16.4. The van der Waals surface area contributed by atoms with Gasteiger partial charge in [-0.1, -0.05) is 18.2 Å². The van der Waals surface area contributed by atoms with Crippen molar-refractivity contribution in [1.29, 1.82) is 0 Å². The van der Waals surface area contributed by atoms with E-state index in [1.54, 1.807) is 36.5 Å². The van der Waals surface area contributed by atoms with Crippen molar-refractivity contribution in [3.63, 3.8) is 0 Å². The first-order valence-electron chi connectivity index (χ1n) is 10.5. The van der Waals surface area contributed by atoms with Crippen LogP contribution in [0.2, 0.25) is 0 Å². The molecule has 0 aliphatic heterocycles. The van der Waals surface area contributed by atoms with Gasteiger partial charge in [-0.3, -0.25) is 0 Å². The molecule has 4 aromatic rings. The highest BCUT2D eigenvalue weighted by atomic mass is 32.1. The number of hydrogen-bond donors (Lipinski definition) is 2. The number of alkyl halides is 3. The number of hydrogen-bond acceptors (Lipinski definition) is 6. The number of rotatable bonds is 6. The van der Waals surface area contributed by atoms with Gasteiger partial charge in [0.2, 0.25) is 5.95 Å². The fourth-order valence-corrected chi connectivity index (χ4v) is 4.58. The van der Waals surface area contributed by atoms with Gasteiger partial charge in [0.25, 0.3) is 0 Å². The maximum atomic E-state index is 13.0. The van der Waals surface area contributed by atoms with Gasteiger partial charge >= 0.3 is 12.1 Å². The first kappa shape index (κ1) is 24.3. The minimum Gasteiger partial charge on any atom is -0.478 e. The third-order valence-corrected chi connectivity index (χ3v) is 6.83. The third kappa shape index (κ3) is 5.32. The third-order valence-electron chi connectivity index (χ3n) is 5.46. The first-order valence-corrected chi connectivity index (χ1v) is 11.3. The molecule has 2 aromatic heterocycles. The van der Waals surface area contributed by atoms with Crippen LogP contribution in [0.3, 0.4) is 0 Å². The van der Waals surface area contributed by atoms with Gasteiger partial charge in [-0.2, -0.15) is 13.2 Å². The summed E-state index contributed by atoms with van der Waals surface area (Å²) in [5.74, 6) is -1.13. The van der Waals surface area contributed by atoms with Crippen LogP contribution >= 0.6 is 11.3 Å². The Hall–Kier alpha value is -3.79. The number of thiazole rings is 1. The zero-order chi connectivity index (χ0) is 25.4. The van der Waals surface area contributed by atoms with Gasteiger partial charge in [-0.15, -0.1) is 11.3 Å². The maximum absolute atomic E-state index is 13.0. The van der Waals surface area contributed by atoms with E-state index < -0.39 is 23.3 Å². The number of carboxylic acids is 1. The van der Waals surface area contributed by atoms with Crippen molar-refractivity contribution in [2.45, 2.75) is 32.4 Å².